The first-order valence-electron chi connectivity index (χ1n) is 12.6. The van der Waals surface area contributed by atoms with Gasteiger partial charge in [0.05, 0.1) is 30.4 Å². The molecule has 0 aliphatic carbocycles. The van der Waals surface area contributed by atoms with E-state index in [0.717, 1.165) is 79.7 Å². The van der Waals surface area contributed by atoms with E-state index >= 15 is 0 Å². The number of fused-ring (bicyclic) bond motifs is 1. The molecule has 0 bridgehead atoms. The molecule has 0 radical (unpaired) electrons. The van der Waals surface area contributed by atoms with Gasteiger partial charge in [0.1, 0.15) is 11.6 Å². The van der Waals surface area contributed by atoms with E-state index in [0.29, 0.717) is 18.5 Å². The monoisotopic (exact) mass is 487 g/mol. The van der Waals surface area contributed by atoms with Crippen LogP contribution >= 0.6 is 0 Å². The summed E-state index contributed by atoms with van der Waals surface area (Å²) >= 11 is 0. The Hall–Kier alpha value is -3.56. The number of aromatic nitrogens is 5. The quantitative estimate of drug-likeness (QED) is 0.338. The van der Waals surface area contributed by atoms with E-state index in [1.165, 1.54) is 0 Å². The summed E-state index contributed by atoms with van der Waals surface area (Å²) in [5.41, 5.74) is 3.40. The lowest BCUT2D eigenvalue weighted by atomic mass is 10.1. The average Bonchev–Trinajstić information content (AvgIpc) is 3.37. The first kappa shape index (κ1) is 24.1. The van der Waals surface area contributed by atoms with E-state index in [4.69, 9.17) is 19.4 Å². The fraction of sp³-hybridized carbons (Fsp3) is 0.407. The highest BCUT2D eigenvalue weighted by Gasteiger charge is 2.22. The minimum atomic E-state index is 0.368. The minimum Gasteiger partial charge on any atom is -0.494 e. The van der Waals surface area contributed by atoms with E-state index in [1.807, 2.05) is 47.1 Å². The molecule has 4 aromatic rings. The number of nitrogens with one attached hydrogen (secondary N) is 1. The second kappa shape index (κ2) is 11.5. The third-order valence-corrected chi connectivity index (χ3v) is 6.50. The molecule has 188 valence electrons. The maximum absolute atomic E-state index is 6.01. The van der Waals surface area contributed by atoms with E-state index < -0.39 is 0 Å². The summed E-state index contributed by atoms with van der Waals surface area (Å²) in [6.07, 6.45) is 10.1. The molecule has 1 aliphatic heterocycles. The van der Waals surface area contributed by atoms with Gasteiger partial charge < -0.3 is 19.7 Å². The van der Waals surface area contributed by atoms with Gasteiger partial charge in [-0.2, -0.15) is 0 Å². The van der Waals surface area contributed by atoms with Crippen LogP contribution in [0.4, 0.5) is 5.82 Å². The molecular formula is C27H33N7O2. The van der Waals surface area contributed by atoms with Gasteiger partial charge >= 0.3 is 0 Å². The van der Waals surface area contributed by atoms with Crippen molar-refractivity contribution in [3.05, 3.63) is 55.1 Å². The van der Waals surface area contributed by atoms with E-state index in [9.17, 15) is 0 Å². The summed E-state index contributed by atoms with van der Waals surface area (Å²) in [7, 11) is 2.11. The molecule has 0 unspecified atom stereocenters. The van der Waals surface area contributed by atoms with Gasteiger partial charge in [-0.1, -0.05) is 19.1 Å². The SMILES string of the molecule is CCNCCCOc1cccc(-c2nc(-c3cnc4cnccn34)cc(N(C)C3CCOCC3)n2)c1. The van der Waals surface area contributed by atoms with Gasteiger partial charge in [0.2, 0.25) is 0 Å². The molecule has 9 nitrogen and oxygen atoms in total. The topological polar surface area (TPSA) is 89.7 Å². The summed E-state index contributed by atoms with van der Waals surface area (Å²) in [4.78, 5) is 20.9. The third kappa shape index (κ3) is 5.47. The van der Waals surface area contributed by atoms with Crippen LogP contribution in [-0.4, -0.2) is 70.3 Å². The average molecular weight is 488 g/mol. The van der Waals surface area contributed by atoms with Crippen LogP contribution in [0.1, 0.15) is 26.2 Å². The van der Waals surface area contributed by atoms with Crippen molar-refractivity contribution in [2.75, 3.05) is 44.9 Å². The summed E-state index contributed by atoms with van der Waals surface area (Å²) < 4.78 is 13.6. The molecule has 36 heavy (non-hydrogen) atoms. The van der Waals surface area contributed by atoms with Gasteiger partial charge in [-0.3, -0.25) is 9.38 Å². The van der Waals surface area contributed by atoms with Crippen molar-refractivity contribution in [3.8, 4) is 28.5 Å². The molecule has 0 atom stereocenters. The molecular weight excluding hydrogens is 454 g/mol. The van der Waals surface area contributed by atoms with Crippen LogP contribution in [0.5, 0.6) is 5.75 Å². The summed E-state index contributed by atoms with van der Waals surface area (Å²) in [5, 5.41) is 3.32. The Balaban J connectivity index is 1.50. The maximum Gasteiger partial charge on any atom is 0.162 e. The largest absolute Gasteiger partial charge is 0.494 e. The number of anilines is 1. The lowest BCUT2D eigenvalue weighted by Crippen LogP contribution is -2.37. The number of hydrogen-bond acceptors (Lipinski definition) is 8. The van der Waals surface area contributed by atoms with Crippen molar-refractivity contribution < 1.29 is 9.47 Å². The number of ether oxygens (including phenoxy) is 2. The molecule has 1 N–H and O–H groups in total. The molecule has 1 aliphatic rings. The summed E-state index contributed by atoms with van der Waals surface area (Å²) in [5.74, 6) is 2.35. The van der Waals surface area contributed by atoms with E-state index in [-0.39, 0.29) is 0 Å². The predicted molar refractivity (Wildman–Crippen MR) is 140 cm³/mol. The van der Waals surface area contributed by atoms with Gasteiger partial charge in [-0.25, -0.2) is 15.0 Å². The van der Waals surface area contributed by atoms with Crippen molar-refractivity contribution in [3.63, 3.8) is 0 Å². The highest BCUT2D eigenvalue weighted by Crippen LogP contribution is 2.29. The van der Waals surface area contributed by atoms with Gasteiger partial charge in [-0.15, -0.1) is 0 Å². The molecule has 1 fully saturated rings. The van der Waals surface area contributed by atoms with Crippen molar-refractivity contribution in [2.45, 2.75) is 32.2 Å². The van der Waals surface area contributed by atoms with Crippen LogP contribution in [0.15, 0.2) is 55.1 Å². The van der Waals surface area contributed by atoms with Crippen LogP contribution in [0.3, 0.4) is 0 Å². The third-order valence-electron chi connectivity index (χ3n) is 6.50. The highest BCUT2D eigenvalue weighted by molar-refractivity contribution is 5.68. The van der Waals surface area contributed by atoms with Gasteiger partial charge in [-0.05, 0) is 44.5 Å². The van der Waals surface area contributed by atoms with Crippen LogP contribution in [0.25, 0.3) is 28.4 Å². The number of nitrogens with zero attached hydrogens (tertiary/aromatic N) is 6. The van der Waals surface area contributed by atoms with Crippen molar-refractivity contribution in [1.29, 1.82) is 0 Å². The molecule has 0 spiro atoms. The molecule has 0 saturated carbocycles. The minimum absolute atomic E-state index is 0.368. The Morgan fingerprint density at radius 1 is 1.17 bits per heavy atom. The zero-order valence-corrected chi connectivity index (χ0v) is 20.9. The van der Waals surface area contributed by atoms with E-state index in [1.54, 1.807) is 12.4 Å². The number of imidazole rings is 1. The highest BCUT2D eigenvalue weighted by atomic mass is 16.5. The summed E-state index contributed by atoms with van der Waals surface area (Å²) in [6, 6.07) is 10.4. The van der Waals surface area contributed by atoms with Crippen molar-refractivity contribution in [2.24, 2.45) is 0 Å². The Labute approximate surface area is 211 Å². The van der Waals surface area contributed by atoms with Crippen LogP contribution in [-0.2, 0) is 4.74 Å². The first-order chi connectivity index (χ1) is 17.7. The van der Waals surface area contributed by atoms with Crippen molar-refractivity contribution in [1.82, 2.24) is 29.7 Å². The van der Waals surface area contributed by atoms with Crippen LogP contribution in [0, 0.1) is 0 Å². The van der Waals surface area contributed by atoms with Gasteiger partial charge in [0, 0.05) is 50.3 Å². The fourth-order valence-corrected chi connectivity index (χ4v) is 4.46. The standard InChI is InChI=1S/C27H33N7O2/c1-3-28-10-5-13-36-22-7-4-6-20(16-22)27-31-23(24-18-30-26-19-29-11-12-34(24)26)17-25(32-27)33(2)21-8-14-35-15-9-21/h4,6-7,11-12,16-19,21,28H,3,5,8-10,13-15H2,1-2H3. The molecule has 1 saturated heterocycles. The molecule has 3 aromatic heterocycles. The Bertz CT molecular complexity index is 1290. The number of hydrogen-bond donors (Lipinski definition) is 1. The van der Waals surface area contributed by atoms with Crippen LogP contribution < -0.4 is 15.0 Å². The molecule has 9 heteroatoms. The molecule has 5 rings (SSSR count). The molecule has 4 heterocycles. The molecule has 0 amide bonds. The Morgan fingerprint density at radius 3 is 2.92 bits per heavy atom. The normalized spacial score (nSPS) is 14.3. The zero-order chi connectivity index (χ0) is 24.7. The lowest BCUT2D eigenvalue weighted by molar-refractivity contribution is 0.0853. The predicted octanol–water partition coefficient (Wildman–Crippen LogP) is 3.85. The Morgan fingerprint density at radius 2 is 2.06 bits per heavy atom. The number of benzene rings is 1. The Kier molecular flexibility index (Phi) is 7.68. The lowest BCUT2D eigenvalue weighted by Gasteiger charge is -2.32. The van der Waals surface area contributed by atoms with Crippen LogP contribution in [0.2, 0.25) is 0 Å². The van der Waals surface area contributed by atoms with Gasteiger partial charge in [0.15, 0.2) is 11.5 Å². The summed E-state index contributed by atoms with van der Waals surface area (Å²) in [6.45, 7) is 6.22. The second-order valence-corrected chi connectivity index (χ2v) is 8.92. The van der Waals surface area contributed by atoms with E-state index in [2.05, 4.69) is 34.2 Å². The fourth-order valence-electron chi connectivity index (χ4n) is 4.46. The first-order valence-corrected chi connectivity index (χ1v) is 12.6. The zero-order valence-electron chi connectivity index (χ0n) is 20.9. The maximum atomic E-state index is 6.01. The number of rotatable bonds is 10. The smallest absolute Gasteiger partial charge is 0.162 e. The second-order valence-electron chi connectivity index (χ2n) is 8.92. The molecule has 1 aromatic carbocycles. The van der Waals surface area contributed by atoms with Crippen molar-refractivity contribution >= 4 is 11.5 Å². The van der Waals surface area contributed by atoms with Gasteiger partial charge in [0.25, 0.3) is 0 Å².